The van der Waals surface area contributed by atoms with Gasteiger partial charge in [-0.2, -0.15) is 0 Å². The molecule has 0 bridgehead atoms. The first kappa shape index (κ1) is 16.4. The molecule has 2 aromatic rings. The number of pyridine rings is 1. The van der Waals surface area contributed by atoms with E-state index >= 15 is 0 Å². The second-order valence-corrected chi connectivity index (χ2v) is 4.79. The SMILES string of the molecule is NC(=O)c1ccccc1NC(=O)COC(=O)c1ccnc(Cl)c1. The molecule has 1 aromatic carbocycles. The molecule has 3 N–H and O–H groups in total. The molecule has 0 spiro atoms. The number of nitrogens with zero attached hydrogens (tertiary/aromatic N) is 1. The minimum absolute atomic E-state index is 0.138. The third kappa shape index (κ3) is 4.52. The van der Waals surface area contributed by atoms with E-state index in [9.17, 15) is 14.4 Å². The molecule has 0 atom stereocenters. The Balaban J connectivity index is 1.96. The van der Waals surface area contributed by atoms with Crippen molar-refractivity contribution in [3.05, 3.63) is 58.9 Å². The summed E-state index contributed by atoms with van der Waals surface area (Å²) < 4.78 is 4.86. The van der Waals surface area contributed by atoms with Crippen molar-refractivity contribution in [2.75, 3.05) is 11.9 Å². The first-order chi connectivity index (χ1) is 11.0. The number of anilines is 1. The molecule has 0 unspecified atom stereocenters. The van der Waals surface area contributed by atoms with E-state index in [1.165, 1.54) is 30.5 Å². The van der Waals surface area contributed by atoms with Crippen molar-refractivity contribution in [2.24, 2.45) is 5.73 Å². The summed E-state index contributed by atoms with van der Waals surface area (Å²) in [5.41, 5.74) is 5.79. The fourth-order valence-electron chi connectivity index (χ4n) is 1.74. The summed E-state index contributed by atoms with van der Waals surface area (Å²) in [7, 11) is 0. The quantitative estimate of drug-likeness (QED) is 0.638. The average Bonchev–Trinajstić information content (AvgIpc) is 2.53. The van der Waals surface area contributed by atoms with Crippen LogP contribution in [0, 0.1) is 0 Å². The highest BCUT2D eigenvalue weighted by molar-refractivity contribution is 6.29. The van der Waals surface area contributed by atoms with Crippen LogP contribution >= 0.6 is 11.6 Å². The zero-order valence-electron chi connectivity index (χ0n) is 11.8. The van der Waals surface area contributed by atoms with Gasteiger partial charge in [0.2, 0.25) is 0 Å². The maximum atomic E-state index is 11.8. The number of para-hydroxylation sites is 1. The molecule has 2 amide bonds. The lowest BCUT2D eigenvalue weighted by Gasteiger charge is -2.09. The molecule has 0 fully saturated rings. The van der Waals surface area contributed by atoms with Crippen molar-refractivity contribution in [3.63, 3.8) is 0 Å². The Morgan fingerprint density at radius 2 is 1.96 bits per heavy atom. The number of hydrogen-bond acceptors (Lipinski definition) is 5. The van der Waals surface area contributed by atoms with Gasteiger partial charge in [-0.1, -0.05) is 23.7 Å². The average molecular weight is 334 g/mol. The second kappa shape index (κ2) is 7.37. The number of nitrogens with two attached hydrogens (primary N) is 1. The van der Waals surface area contributed by atoms with Gasteiger partial charge in [-0.25, -0.2) is 9.78 Å². The molecule has 1 heterocycles. The van der Waals surface area contributed by atoms with Crippen LogP contribution in [0.3, 0.4) is 0 Å². The molecule has 1 aromatic heterocycles. The van der Waals surface area contributed by atoms with Gasteiger partial charge in [0.25, 0.3) is 11.8 Å². The fraction of sp³-hybridized carbons (Fsp3) is 0.0667. The minimum Gasteiger partial charge on any atom is -0.452 e. The number of hydrogen-bond donors (Lipinski definition) is 2. The molecule has 0 saturated carbocycles. The van der Waals surface area contributed by atoms with Crippen LogP contribution in [0.25, 0.3) is 0 Å². The number of carbonyl (C=O) groups is 3. The van der Waals surface area contributed by atoms with Crippen LogP contribution in [0.15, 0.2) is 42.6 Å². The van der Waals surface area contributed by atoms with E-state index in [2.05, 4.69) is 10.3 Å². The van der Waals surface area contributed by atoms with E-state index in [1.807, 2.05) is 0 Å². The lowest BCUT2D eigenvalue weighted by atomic mass is 10.1. The summed E-state index contributed by atoms with van der Waals surface area (Å²) in [5.74, 6) is -2.00. The van der Waals surface area contributed by atoms with Crippen molar-refractivity contribution in [1.29, 1.82) is 0 Å². The standard InChI is InChI=1S/C15H12ClN3O4/c16-12-7-9(5-6-18-12)15(22)23-8-13(20)19-11-4-2-1-3-10(11)14(17)21/h1-7H,8H2,(H2,17,21)(H,19,20). The van der Waals surface area contributed by atoms with E-state index in [0.717, 1.165) is 0 Å². The summed E-state index contributed by atoms with van der Waals surface area (Å²) in [4.78, 5) is 38.6. The van der Waals surface area contributed by atoms with Crippen LogP contribution in [0.1, 0.15) is 20.7 Å². The normalized spacial score (nSPS) is 9.96. The summed E-state index contributed by atoms with van der Waals surface area (Å²) in [6.07, 6.45) is 1.35. The number of benzene rings is 1. The minimum atomic E-state index is -0.715. The van der Waals surface area contributed by atoms with Gasteiger partial charge in [0.1, 0.15) is 5.15 Å². The molecule has 0 radical (unpaired) electrons. The number of esters is 1. The molecule has 0 aliphatic rings. The van der Waals surface area contributed by atoms with Crippen molar-refractivity contribution in [2.45, 2.75) is 0 Å². The van der Waals surface area contributed by atoms with Gasteiger partial charge in [0, 0.05) is 6.20 Å². The maximum Gasteiger partial charge on any atom is 0.338 e. The number of rotatable bonds is 5. The lowest BCUT2D eigenvalue weighted by molar-refractivity contribution is -0.119. The third-order valence-electron chi connectivity index (χ3n) is 2.76. The summed E-state index contributed by atoms with van der Waals surface area (Å²) in [6.45, 7) is -0.522. The van der Waals surface area contributed by atoms with Gasteiger partial charge in [0.05, 0.1) is 16.8 Å². The Labute approximate surface area is 136 Å². The van der Waals surface area contributed by atoms with Crippen LogP contribution in [0.4, 0.5) is 5.69 Å². The zero-order chi connectivity index (χ0) is 16.8. The Morgan fingerprint density at radius 3 is 2.65 bits per heavy atom. The van der Waals surface area contributed by atoms with Crippen molar-refractivity contribution in [1.82, 2.24) is 4.98 Å². The fourth-order valence-corrected chi connectivity index (χ4v) is 1.91. The summed E-state index contributed by atoms with van der Waals surface area (Å²) in [6, 6.07) is 8.97. The smallest absolute Gasteiger partial charge is 0.338 e. The van der Waals surface area contributed by atoms with Gasteiger partial charge >= 0.3 is 5.97 Å². The first-order valence-corrected chi connectivity index (χ1v) is 6.82. The number of halogens is 1. The Bertz CT molecular complexity index is 764. The number of amides is 2. The molecule has 118 valence electrons. The predicted molar refractivity (Wildman–Crippen MR) is 83.1 cm³/mol. The zero-order valence-corrected chi connectivity index (χ0v) is 12.5. The number of carbonyl (C=O) groups excluding carboxylic acids is 3. The molecule has 0 aliphatic carbocycles. The van der Waals surface area contributed by atoms with Crippen LogP contribution in [0.5, 0.6) is 0 Å². The largest absolute Gasteiger partial charge is 0.452 e. The number of aromatic nitrogens is 1. The number of primary amides is 1. The van der Waals surface area contributed by atoms with Crippen molar-refractivity contribution >= 4 is 35.1 Å². The summed E-state index contributed by atoms with van der Waals surface area (Å²) in [5, 5.41) is 2.59. The lowest BCUT2D eigenvalue weighted by Crippen LogP contribution is -2.23. The van der Waals surface area contributed by atoms with Crippen LogP contribution in [0.2, 0.25) is 5.15 Å². The summed E-state index contributed by atoms with van der Waals surface area (Å²) >= 11 is 5.66. The molecular weight excluding hydrogens is 322 g/mol. The second-order valence-electron chi connectivity index (χ2n) is 4.40. The highest BCUT2D eigenvalue weighted by atomic mass is 35.5. The molecule has 0 aliphatic heterocycles. The van der Waals surface area contributed by atoms with Gasteiger partial charge in [-0.15, -0.1) is 0 Å². The Hall–Kier alpha value is -2.93. The number of nitrogens with one attached hydrogen (secondary N) is 1. The van der Waals surface area contributed by atoms with E-state index in [1.54, 1.807) is 12.1 Å². The Kier molecular flexibility index (Phi) is 5.27. The third-order valence-corrected chi connectivity index (χ3v) is 2.97. The number of ether oxygens (including phenoxy) is 1. The van der Waals surface area contributed by atoms with Gasteiger partial charge in [-0.05, 0) is 24.3 Å². The van der Waals surface area contributed by atoms with E-state index in [0.29, 0.717) is 0 Å². The van der Waals surface area contributed by atoms with Gasteiger partial charge in [-0.3, -0.25) is 9.59 Å². The van der Waals surface area contributed by atoms with E-state index < -0.39 is 24.4 Å². The van der Waals surface area contributed by atoms with E-state index in [4.69, 9.17) is 22.1 Å². The monoisotopic (exact) mass is 333 g/mol. The highest BCUT2D eigenvalue weighted by Crippen LogP contribution is 2.14. The maximum absolute atomic E-state index is 11.8. The first-order valence-electron chi connectivity index (χ1n) is 6.44. The topological polar surface area (TPSA) is 111 Å². The van der Waals surface area contributed by atoms with Crippen LogP contribution < -0.4 is 11.1 Å². The van der Waals surface area contributed by atoms with Crippen LogP contribution in [-0.4, -0.2) is 29.4 Å². The van der Waals surface area contributed by atoms with Crippen molar-refractivity contribution < 1.29 is 19.1 Å². The van der Waals surface area contributed by atoms with E-state index in [-0.39, 0.29) is 22.0 Å². The highest BCUT2D eigenvalue weighted by Gasteiger charge is 2.13. The molecule has 2 rings (SSSR count). The van der Waals surface area contributed by atoms with Crippen LogP contribution in [-0.2, 0) is 9.53 Å². The van der Waals surface area contributed by atoms with Gasteiger partial charge in [0.15, 0.2) is 6.61 Å². The van der Waals surface area contributed by atoms with Crippen molar-refractivity contribution in [3.8, 4) is 0 Å². The predicted octanol–water partition coefficient (Wildman–Crippen LogP) is 1.63. The Morgan fingerprint density at radius 1 is 1.22 bits per heavy atom. The molecule has 7 nitrogen and oxygen atoms in total. The molecule has 0 saturated heterocycles. The molecular formula is C15H12ClN3O4. The van der Waals surface area contributed by atoms with Gasteiger partial charge < -0.3 is 15.8 Å². The molecule has 23 heavy (non-hydrogen) atoms. The molecule has 8 heteroatoms.